The number of aliphatic hydroxyl groups excluding tert-OH is 1. The molecular weight excluding hydrogens is 456 g/mol. The average molecular weight is 482 g/mol. The number of aromatic nitrogens is 5. The third kappa shape index (κ3) is 4.35. The maximum atomic E-state index is 13.7. The molecule has 12 heteroatoms. The summed E-state index contributed by atoms with van der Waals surface area (Å²) >= 11 is 0. The molecule has 35 heavy (non-hydrogen) atoms. The maximum absolute atomic E-state index is 13.7. The van der Waals surface area contributed by atoms with Gasteiger partial charge in [0, 0.05) is 20.0 Å². The number of nitrogens with one attached hydrogen (secondary N) is 1. The van der Waals surface area contributed by atoms with Crippen molar-refractivity contribution in [2.24, 2.45) is 7.05 Å². The second-order valence-electron chi connectivity index (χ2n) is 8.08. The lowest BCUT2D eigenvalue weighted by Gasteiger charge is -2.21. The van der Waals surface area contributed by atoms with Gasteiger partial charge in [0.25, 0.3) is 5.56 Å². The first-order valence-electron chi connectivity index (χ1n) is 10.8. The minimum atomic E-state index is -1.42. The summed E-state index contributed by atoms with van der Waals surface area (Å²) in [5.74, 6) is -0.520. The van der Waals surface area contributed by atoms with Crippen LogP contribution in [0.2, 0.25) is 0 Å². The first-order valence-corrected chi connectivity index (χ1v) is 10.8. The minimum Gasteiger partial charge on any atom is -0.467 e. The molecule has 0 bridgehead atoms. The van der Waals surface area contributed by atoms with E-state index in [1.54, 1.807) is 29.4 Å². The molecule has 0 aliphatic heterocycles. The van der Waals surface area contributed by atoms with Gasteiger partial charge in [0.2, 0.25) is 5.78 Å². The molecule has 3 aromatic heterocycles. The summed E-state index contributed by atoms with van der Waals surface area (Å²) in [6.45, 7) is 2.14. The summed E-state index contributed by atoms with van der Waals surface area (Å²) in [7, 11) is 4.03. The predicted octanol–water partition coefficient (Wildman–Crippen LogP) is 0.540. The molecule has 0 fully saturated rings. The summed E-state index contributed by atoms with van der Waals surface area (Å²) in [5.41, 5.74) is 2.36. The highest BCUT2D eigenvalue weighted by molar-refractivity contribution is 5.82. The van der Waals surface area contributed by atoms with Crippen LogP contribution in [0.15, 0.2) is 41.5 Å². The number of aryl methyl sites for hydroxylation is 2. The van der Waals surface area contributed by atoms with Crippen LogP contribution >= 0.6 is 0 Å². The van der Waals surface area contributed by atoms with Crippen molar-refractivity contribution in [3.63, 3.8) is 0 Å². The Hall–Kier alpha value is -4.19. The molecule has 184 valence electrons. The second kappa shape index (κ2) is 9.58. The van der Waals surface area contributed by atoms with Crippen molar-refractivity contribution < 1.29 is 24.2 Å². The normalized spacial score (nSPS) is 13.1. The number of methoxy groups -OCH3 is 2. The van der Waals surface area contributed by atoms with E-state index in [9.17, 15) is 19.5 Å². The van der Waals surface area contributed by atoms with E-state index in [1.807, 2.05) is 30.3 Å². The van der Waals surface area contributed by atoms with Crippen molar-refractivity contribution in [1.29, 1.82) is 0 Å². The highest BCUT2D eigenvalue weighted by Crippen LogP contribution is 2.18. The molecule has 0 saturated heterocycles. The number of carbonyl (C=O) groups excluding carboxylic acids is 2. The van der Waals surface area contributed by atoms with E-state index >= 15 is 0 Å². The van der Waals surface area contributed by atoms with Crippen LogP contribution in [0.1, 0.15) is 17.0 Å². The lowest BCUT2D eigenvalue weighted by molar-refractivity contribution is -0.146. The van der Waals surface area contributed by atoms with Crippen LogP contribution < -0.4 is 10.9 Å². The minimum absolute atomic E-state index is 0.162. The van der Waals surface area contributed by atoms with Crippen LogP contribution in [-0.4, -0.2) is 67.0 Å². The van der Waals surface area contributed by atoms with Crippen molar-refractivity contribution in [1.82, 2.24) is 28.8 Å². The molecule has 4 aromatic rings. The first-order chi connectivity index (χ1) is 16.8. The zero-order valence-electron chi connectivity index (χ0n) is 19.8. The Kier molecular flexibility index (Phi) is 6.56. The van der Waals surface area contributed by atoms with Crippen molar-refractivity contribution in [2.75, 3.05) is 14.2 Å². The van der Waals surface area contributed by atoms with Crippen LogP contribution in [0.5, 0.6) is 0 Å². The van der Waals surface area contributed by atoms with E-state index in [4.69, 9.17) is 4.74 Å². The number of fused-ring (bicyclic) bond motifs is 2. The topological polar surface area (TPSA) is 142 Å². The Labute approximate surface area is 199 Å². The van der Waals surface area contributed by atoms with Crippen LogP contribution in [-0.2, 0) is 34.3 Å². The third-order valence-electron chi connectivity index (χ3n) is 5.89. The number of hydrogen-bond donors (Lipinski definition) is 2. The molecule has 0 aliphatic rings. The number of esters is 1. The molecule has 1 aromatic carbocycles. The predicted molar refractivity (Wildman–Crippen MR) is 125 cm³/mol. The Morgan fingerprint density at radius 3 is 2.54 bits per heavy atom. The molecule has 0 radical (unpaired) electrons. The largest absolute Gasteiger partial charge is 0.467 e. The van der Waals surface area contributed by atoms with E-state index in [1.165, 1.54) is 4.40 Å². The van der Waals surface area contributed by atoms with Gasteiger partial charge in [-0.1, -0.05) is 30.3 Å². The molecule has 3 heterocycles. The van der Waals surface area contributed by atoms with Gasteiger partial charge in [-0.15, -0.1) is 0 Å². The van der Waals surface area contributed by atoms with Gasteiger partial charge >= 0.3 is 12.1 Å². The number of nitrogens with zero attached hydrogens (tertiary/aromatic N) is 5. The lowest BCUT2D eigenvalue weighted by atomic mass is 10.1. The number of imidazole rings is 2. The van der Waals surface area contributed by atoms with Gasteiger partial charge in [-0.2, -0.15) is 0 Å². The highest BCUT2D eigenvalue weighted by Gasteiger charge is 2.32. The number of benzene rings is 1. The van der Waals surface area contributed by atoms with Crippen molar-refractivity contribution in [3.8, 4) is 0 Å². The molecule has 0 aliphatic carbocycles. The lowest BCUT2D eigenvalue weighted by Crippen LogP contribution is -2.50. The van der Waals surface area contributed by atoms with Crippen LogP contribution in [0.3, 0.4) is 0 Å². The van der Waals surface area contributed by atoms with Gasteiger partial charge in [0.15, 0.2) is 17.2 Å². The van der Waals surface area contributed by atoms with Crippen molar-refractivity contribution in [2.45, 2.75) is 32.0 Å². The molecule has 2 atom stereocenters. The molecule has 12 nitrogen and oxygen atoms in total. The van der Waals surface area contributed by atoms with E-state index in [0.29, 0.717) is 34.9 Å². The van der Waals surface area contributed by atoms with Gasteiger partial charge in [-0.3, -0.25) is 9.36 Å². The zero-order chi connectivity index (χ0) is 25.3. The molecule has 0 saturated carbocycles. The molecule has 2 N–H and O–H groups in total. The van der Waals surface area contributed by atoms with Crippen molar-refractivity contribution in [3.05, 3.63) is 64.0 Å². The van der Waals surface area contributed by atoms with E-state index in [0.717, 1.165) is 19.8 Å². The summed E-state index contributed by atoms with van der Waals surface area (Å²) in [6, 6.07) is 8.26. The highest BCUT2D eigenvalue weighted by atomic mass is 16.5. The van der Waals surface area contributed by atoms with Gasteiger partial charge < -0.3 is 24.5 Å². The first kappa shape index (κ1) is 24.0. The average Bonchev–Trinajstić information content (AvgIpc) is 3.42. The molecule has 0 spiro atoms. The van der Waals surface area contributed by atoms with Crippen LogP contribution in [0.4, 0.5) is 4.79 Å². The number of ether oxygens (including phenoxy) is 2. The van der Waals surface area contributed by atoms with E-state index in [-0.39, 0.29) is 12.0 Å². The summed E-state index contributed by atoms with van der Waals surface area (Å²) in [5, 5.41) is 13.1. The molecule has 1 amide bonds. The monoisotopic (exact) mass is 482 g/mol. The molecular formula is C23H26N6O6. The molecule has 4 rings (SSSR count). The molecule has 0 unspecified atom stereocenters. The van der Waals surface area contributed by atoms with Gasteiger partial charge in [0.1, 0.15) is 0 Å². The van der Waals surface area contributed by atoms with Crippen molar-refractivity contribution >= 4 is 29.0 Å². The van der Waals surface area contributed by atoms with Gasteiger partial charge in [-0.05, 0) is 12.5 Å². The zero-order valence-corrected chi connectivity index (χ0v) is 19.8. The SMILES string of the molecule is COC(=O)N[C@H](C(=O)OC)[C@H](O)Cc1c(C)nc2n(C)c3ncn(Cc4ccccc4)c3c(=O)n12. The van der Waals surface area contributed by atoms with Crippen LogP contribution in [0, 0.1) is 6.92 Å². The Bertz CT molecular complexity index is 1450. The summed E-state index contributed by atoms with van der Waals surface area (Å²) < 4.78 is 14.1. The Morgan fingerprint density at radius 1 is 1.17 bits per heavy atom. The Morgan fingerprint density at radius 2 is 1.89 bits per heavy atom. The van der Waals surface area contributed by atoms with E-state index in [2.05, 4.69) is 20.0 Å². The Balaban J connectivity index is 1.81. The fraction of sp³-hybridized carbons (Fsp3) is 0.348. The van der Waals surface area contributed by atoms with Gasteiger partial charge in [0.05, 0.1) is 38.0 Å². The summed E-state index contributed by atoms with van der Waals surface area (Å²) in [6.07, 6.45) is -0.885. The quantitative estimate of drug-likeness (QED) is 0.364. The maximum Gasteiger partial charge on any atom is 0.407 e. The van der Waals surface area contributed by atoms with Crippen LogP contribution in [0.25, 0.3) is 16.9 Å². The number of alkyl carbamates (subject to hydrolysis) is 1. The fourth-order valence-corrected chi connectivity index (χ4v) is 4.10. The number of carbonyl (C=O) groups is 2. The fourth-order valence-electron chi connectivity index (χ4n) is 4.10. The number of amides is 1. The smallest absolute Gasteiger partial charge is 0.407 e. The number of hydrogen-bond acceptors (Lipinski definition) is 8. The number of rotatable bonds is 7. The second-order valence-corrected chi connectivity index (χ2v) is 8.08. The third-order valence-corrected chi connectivity index (χ3v) is 5.89. The standard InChI is InChI=1S/C23H26N6O6/c1-13-15(10-16(30)17(21(32)34-3)26-23(33)35-4)29-20(31)18-19(27(2)22(29)25-13)24-12-28(18)11-14-8-6-5-7-9-14/h5-9,12,16-17,30H,10-11H2,1-4H3,(H,26,33)/t16-,17+/m1/s1. The summed E-state index contributed by atoms with van der Waals surface area (Å²) in [4.78, 5) is 46.5. The number of aliphatic hydroxyl groups is 1. The van der Waals surface area contributed by atoms with Gasteiger partial charge in [-0.25, -0.2) is 24.0 Å². The van der Waals surface area contributed by atoms with E-state index < -0.39 is 24.2 Å².